The van der Waals surface area contributed by atoms with Crippen molar-refractivity contribution >= 4 is 117 Å². The molecule has 4 aromatic carbocycles. The Hall–Kier alpha value is -13.0. The number of thioether (sulfide) groups is 1. The Kier molecular flexibility index (Phi) is 39.1. The van der Waals surface area contributed by atoms with Crippen molar-refractivity contribution in [1.29, 1.82) is 0 Å². The van der Waals surface area contributed by atoms with E-state index in [9.17, 15) is 48.9 Å². The van der Waals surface area contributed by atoms with E-state index in [1.165, 1.54) is 90.0 Å². The molecule has 127 heavy (non-hydrogen) atoms. The number of hydrogen-bond acceptors (Lipinski definition) is 22. The molecule has 0 bridgehead atoms. The summed E-state index contributed by atoms with van der Waals surface area (Å²) >= 11 is 0.854. The predicted molar refractivity (Wildman–Crippen MR) is 471 cm³/mol. The summed E-state index contributed by atoms with van der Waals surface area (Å²) in [6, 6.07) is 12.6. The molecule has 1 fully saturated rings. The van der Waals surface area contributed by atoms with Gasteiger partial charge in [0.1, 0.15) is 72.2 Å². The maximum atomic E-state index is 15.7. The number of amides is 14. The van der Waals surface area contributed by atoms with Crippen LogP contribution < -0.4 is 54.4 Å². The summed E-state index contributed by atoms with van der Waals surface area (Å²) in [6.07, 6.45) is 1.75. The van der Waals surface area contributed by atoms with Crippen LogP contribution >= 0.6 is 11.8 Å². The van der Waals surface area contributed by atoms with Gasteiger partial charge in [-0.2, -0.15) is 0 Å². The number of pyridine rings is 2. The molecular weight excluding hydrogens is 1660 g/mol. The first-order valence-corrected chi connectivity index (χ1v) is 43.0. The van der Waals surface area contributed by atoms with Crippen molar-refractivity contribution in [2.45, 2.75) is 178 Å². The number of methoxy groups -OCH3 is 1. The van der Waals surface area contributed by atoms with Gasteiger partial charge in [-0.3, -0.25) is 81.9 Å². The first-order chi connectivity index (χ1) is 60.4. The fourth-order valence-electron chi connectivity index (χ4n) is 14.5. The van der Waals surface area contributed by atoms with Gasteiger partial charge in [-0.15, -0.1) is 11.8 Å². The maximum absolute atomic E-state index is 15.7. The van der Waals surface area contributed by atoms with E-state index in [-0.39, 0.29) is 87.1 Å². The van der Waals surface area contributed by atoms with Crippen LogP contribution in [0.5, 0.6) is 5.75 Å². The third-order valence-electron chi connectivity index (χ3n) is 22.7. The molecule has 1 aliphatic heterocycles. The Bertz CT molecular complexity index is 4860. The number of nitrogens with zero attached hydrogens (tertiary/aromatic N) is 7. The number of aromatic carboxylic acids is 1. The second kappa shape index (κ2) is 49.1. The molecule has 14 amide bonds. The van der Waals surface area contributed by atoms with Gasteiger partial charge < -0.3 is 99.0 Å². The zero-order chi connectivity index (χ0) is 93.5. The van der Waals surface area contributed by atoms with Crippen LogP contribution in [-0.2, 0) is 102 Å². The number of ether oxygens (including phenoxy) is 1. The lowest BCUT2D eigenvalue weighted by atomic mass is 9.93. The van der Waals surface area contributed by atoms with E-state index in [1.54, 1.807) is 76.5 Å². The number of fused-ring (bicyclic) bond motifs is 1. The number of likely N-dealkylation sites (N-methyl/N-ethyl adjacent to an activating group) is 5. The molecule has 16 N–H and O–H groups in total. The maximum Gasteiger partial charge on any atom is 0.335 e. The minimum atomic E-state index is -2.06. The summed E-state index contributed by atoms with van der Waals surface area (Å²) in [6.45, 7) is 5.77. The fraction of sp³-hybridized carbons (Fsp3) is 0.461. The number of carbonyl (C=O) groups excluding carboxylic acids is 14. The number of carboxylic acids is 2. The van der Waals surface area contributed by atoms with Gasteiger partial charge >= 0.3 is 11.9 Å². The number of nitrogens with one attached hydrogen (secondary N) is 7. The smallest absolute Gasteiger partial charge is 0.335 e. The number of aliphatic carboxylic acids is 1. The van der Waals surface area contributed by atoms with E-state index in [4.69, 9.17) is 21.9 Å². The van der Waals surface area contributed by atoms with E-state index >= 15 is 43.2 Å². The number of hydrogen-bond donors (Lipinski definition) is 13. The summed E-state index contributed by atoms with van der Waals surface area (Å²) in [5.74, 6) is -19.0. The average molecular weight is 1780 g/mol. The Morgan fingerprint density at radius 3 is 1.67 bits per heavy atom. The highest BCUT2D eigenvalue weighted by Gasteiger charge is 2.43. The van der Waals surface area contributed by atoms with Gasteiger partial charge in [0.05, 0.1) is 30.0 Å². The number of aromatic nitrogens is 2. The molecule has 6 aromatic rings. The van der Waals surface area contributed by atoms with E-state index in [0.29, 0.717) is 34.2 Å². The quantitative estimate of drug-likeness (QED) is 0.0324. The van der Waals surface area contributed by atoms with Crippen molar-refractivity contribution in [2.24, 2.45) is 29.0 Å². The minimum Gasteiger partial charge on any atom is -0.508 e. The van der Waals surface area contributed by atoms with Crippen LogP contribution in [0.2, 0.25) is 0 Å². The van der Waals surface area contributed by atoms with Gasteiger partial charge in [0.15, 0.2) is 0 Å². The lowest BCUT2D eigenvalue weighted by molar-refractivity contribution is -0.149. The zero-order valence-electron chi connectivity index (χ0n) is 73.0. The van der Waals surface area contributed by atoms with E-state index in [0.717, 1.165) is 54.3 Å². The molecule has 38 heteroatoms. The fourth-order valence-corrected chi connectivity index (χ4v) is 15.6. The number of aromatic hydroxyl groups is 1. The van der Waals surface area contributed by atoms with Crippen molar-refractivity contribution in [3.63, 3.8) is 0 Å². The Labute approximate surface area is 740 Å². The summed E-state index contributed by atoms with van der Waals surface area (Å²) in [5.41, 5.74) is 20.4. The van der Waals surface area contributed by atoms with E-state index in [1.807, 2.05) is 30.3 Å². The minimum absolute atomic E-state index is 0.0375. The molecular formula is C89H117N17O20S. The van der Waals surface area contributed by atoms with Crippen LogP contribution in [0.1, 0.15) is 118 Å². The second-order valence-corrected chi connectivity index (χ2v) is 32.7. The number of primary amides is 2. The number of phenolic OH excluding ortho intramolecular Hbond substituents is 1. The number of benzene rings is 4. The summed E-state index contributed by atoms with van der Waals surface area (Å²) < 4.78 is 5.35. The number of rotatable bonds is 27. The number of carbonyl (C=O) groups is 16. The second-order valence-electron chi connectivity index (χ2n) is 31.7. The van der Waals surface area contributed by atoms with Gasteiger partial charge in [0, 0.05) is 123 Å². The lowest BCUT2D eigenvalue weighted by Crippen LogP contribution is -2.62. The predicted octanol–water partition coefficient (Wildman–Crippen LogP) is 1.36. The van der Waals surface area contributed by atoms with Gasteiger partial charge in [0.25, 0.3) is 0 Å². The van der Waals surface area contributed by atoms with Crippen molar-refractivity contribution in [3.8, 4) is 17.0 Å². The molecule has 3 heterocycles. The molecule has 0 spiro atoms. The first kappa shape index (κ1) is 101. The highest BCUT2D eigenvalue weighted by molar-refractivity contribution is 8.00. The molecule has 684 valence electrons. The van der Waals surface area contributed by atoms with Crippen LogP contribution in [0, 0.1) is 11.8 Å². The van der Waals surface area contributed by atoms with Crippen molar-refractivity contribution in [3.05, 3.63) is 162 Å². The van der Waals surface area contributed by atoms with Crippen LogP contribution in [0.15, 0.2) is 134 Å². The van der Waals surface area contributed by atoms with E-state index in [2.05, 4.69) is 47.2 Å². The lowest BCUT2D eigenvalue weighted by Gasteiger charge is -2.36. The third-order valence-corrected chi connectivity index (χ3v) is 23.7. The topological polar surface area (TPSA) is 547 Å². The highest BCUT2D eigenvalue weighted by atomic mass is 32.2. The normalized spacial score (nSPS) is 22.3. The molecule has 0 aliphatic carbocycles. The molecule has 1 saturated heterocycles. The van der Waals surface area contributed by atoms with Gasteiger partial charge in [-0.05, 0) is 114 Å². The largest absolute Gasteiger partial charge is 0.508 e. The summed E-state index contributed by atoms with van der Waals surface area (Å²) in [7, 11) is 7.47. The molecule has 0 saturated carbocycles. The number of unbranched alkanes of at least 4 members (excludes halogenated alkanes) is 1. The number of nitrogens with two attached hydrogens (primary N) is 3. The molecule has 7 rings (SSSR count). The van der Waals surface area contributed by atoms with Crippen molar-refractivity contribution in [1.82, 2.24) is 71.7 Å². The van der Waals surface area contributed by atoms with Gasteiger partial charge in [0.2, 0.25) is 82.7 Å². The number of phenols is 1. The number of carboxylic acid groups (broad SMARTS) is 2. The highest BCUT2D eigenvalue weighted by Crippen LogP contribution is 2.25. The Morgan fingerprint density at radius 1 is 0.535 bits per heavy atom. The summed E-state index contributed by atoms with van der Waals surface area (Å²) in [5, 5.41) is 50.8. The molecule has 13 atom stereocenters. The molecule has 0 unspecified atom stereocenters. The van der Waals surface area contributed by atoms with E-state index < -0.39 is 211 Å². The standard InChI is InChI=1S/C89H117N17O20S/c1-11-51(3)76-83(118)99-65(42-54-24-30-61(107)31-25-54)86(121)105(8)70(44-55-23-27-57-35-38-93-47-60(57)40-55)80(115)95-48-73(109)96-64(43-56-26-32-62(94-46-56)58-18-14-13-15-19-58)85(120)106(9)71(78(92)113)49-127-50-74(110)102(5)69(20-16-17-37-90)88(123)104(7)68(36-39-126-10)82(117)98-66(45-75(111)112)87(122)103(6)67(33-34-72(91)108)81(116)97-63(41-53-21-28-59(29-22-53)89(124)125)79(114)100-77(52(4)12-2)84(119)101-76/h13-15,18-19,21-32,35,38,40,46-47,51-52,63-71,76-77,107H,11-12,16-17,20,33-34,36-37,39,41-45,48-50,90H2,1-10H3,(H2,91,108)(H2,92,113)(H,95,115)(H,96,109)(H,97,116)(H,98,117)(H,99,118)(H,100,114)(H,101,119)(H,111,112)(H,124,125)/t51-,52-,63-,64-,65-,66-,67-,68-,69-,70-,71-,76-,77-/m0/s1. The Balaban J connectivity index is 1.36. The van der Waals surface area contributed by atoms with Crippen molar-refractivity contribution < 1.29 is 96.8 Å². The molecule has 37 nitrogen and oxygen atoms in total. The van der Waals surface area contributed by atoms with Crippen LogP contribution in [0.25, 0.3) is 22.0 Å². The molecule has 2 aromatic heterocycles. The SMILES string of the molecule is CC[C@H](C)[C@@H]1NC(=O)[C@H](Cc2ccc(C(=O)O)cc2)NC(=O)[C@H](CCC(N)=O)N(C)C(=O)[C@H](CC(=O)O)NC(=O)[C@H](CCOC)N(C)C(=O)[C@H](CCCCN)N(C)C(=O)CSC[C@@H](C(N)=O)N(C)C(=O)[C@H](Cc2ccc(-c3ccccc3)nc2)NC(=O)CNC(=O)[C@H](Cc2ccc3ccncc3c2)N(C)C(=O)[C@H](Cc2ccc(O)cc2)NC(=O)[C@H]([C@@H](C)CC)NC1=O. The van der Waals surface area contributed by atoms with Crippen LogP contribution in [0.4, 0.5) is 0 Å². The summed E-state index contributed by atoms with van der Waals surface area (Å²) in [4.78, 5) is 247. The Morgan fingerprint density at radius 2 is 1.08 bits per heavy atom. The molecule has 0 radical (unpaired) electrons. The van der Waals surface area contributed by atoms with Crippen LogP contribution in [-0.4, -0.2) is 284 Å². The van der Waals surface area contributed by atoms with Gasteiger partial charge in [-0.1, -0.05) is 113 Å². The monoisotopic (exact) mass is 1780 g/mol. The van der Waals surface area contributed by atoms with Gasteiger partial charge in [-0.25, -0.2) is 4.79 Å². The molecule has 1 aliphatic rings. The first-order valence-electron chi connectivity index (χ1n) is 41.8. The average Bonchev–Trinajstić information content (AvgIpc) is 0.830. The third kappa shape index (κ3) is 29.3. The zero-order valence-corrected chi connectivity index (χ0v) is 73.8. The van der Waals surface area contributed by atoms with Crippen molar-refractivity contribution in [2.75, 3.05) is 73.6 Å². The van der Waals surface area contributed by atoms with Crippen LogP contribution in [0.3, 0.4) is 0 Å².